The van der Waals surface area contributed by atoms with Gasteiger partial charge in [-0.2, -0.15) is 0 Å². The van der Waals surface area contributed by atoms with E-state index in [-0.39, 0.29) is 11.9 Å². The van der Waals surface area contributed by atoms with Gasteiger partial charge in [-0.25, -0.2) is 0 Å². The summed E-state index contributed by atoms with van der Waals surface area (Å²) in [5.41, 5.74) is 4.59. The highest BCUT2D eigenvalue weighted by Crippen LogP contribution is 2.30. The van der Waals surface area contributed by atoms with E-state index in [2.05, 4.69) is 40.5 Å². The molecule has 1 saturated heterocycles. The summed E-state index contributed by atoms with van der Waals surface area (Å²) < 4.78 is 5.38. The topological polar surface area (TPSA) is 41.6 Å². The fourth-order valence-corrected chi connectivity index (χ4v) is 3.73. The molecule has 1 aliphatic heterocycles. The summed E-state index contributed by atoms with van der Waals surface area (Å²) in [7, 11) is 0. The van der Waals surface area contributed by atoms with Crippen LogP contribution in [0, 0.1) is 0 Å². The second-order valence-corrected chi connectivity index (χ2v) is 6.85. The molecule has 0 unspecified atom stereocenters. The van der Waals surface area contributed by atoms with Crippen LogP contribution in [0.15, 0.2) is 48.5 Å². The zero-order valence-electron chi connectivity index (χ0n) is 14.4. The third kappa shape index (κ3) is 3.75. The van der Waals surface area contributed by atoms with Gasteiger partial charge in [-0.15, -0.1) is 0 Å². The van der Waals surface area contributed by atoms with Crippen LogP contribution >= 0.6 is 0 Å². The number of morpholine rings is 1. The first-order valence-corrected chi connectivity index (χ1v) is 9.07. The highest BCUT2D eigenvalue weighted by molar-refractivity contribution is 5.94. The van der Waals surface area contributed by atoms with Crippen molar-refractivity contribution >= 4 is 5.91 Å². The van der Waals surface area contributed by atoms with Gasteiger partial charge in [0, 0.05) is 25.2 Å². The van der Waals surface area contributed by atoms with Gasteiger partial charge < -0.3 is 10.1 Å². The molecule has 0 bridgehead atoms. The van der Waals surface area contributed by atoms with E-state index in [1.165, 1.54) is 16.7 Å². The van der Waals surface area contributed by atoms with Crippen LogP contribution in [0.2, 0.25) is 0 Å². The predicted octanol–water partition coefficient (Wildman–Crippen LogP) is 2.94. The van der Waals surface area contributed by atoms with Crippen molar-refractivity contribution in [2.75, 3.05) is 26.3 Å². The average molecular weight is 336 g/mol. The van der Waals surface area contributed by atoms with Crippen LogP contribution in [0.4, 0.5) is 0 Å². The maximum Gasteiger partial charge on any atom is 0.251 e. The highest BCUT2D eigenvalue weighted by atomic mass is 16.5. The number of carbonyl (C=O) groups is 1. The molecule has 1 atom stereocenters. The Morgan fingerprint density at radius 2 is 1.84 bits per heavy atom. The number of hydrogen-bond acceptors (Lipinski definition) is 3. The van der Waals surface area contributed by atoms with E-state index in [0.717, 1.165) is 51.3 Å². The number of carbonyl (C=O) groups excluding carboxylic acids is 1. The average Bonchev–Trinajstić information content (AvgIpc) is 3.06. The van der Waals surface area contributed by atoms with E-state index in [1.807, 2.05) is 18.2 Å². The number of nitrogens with zero attached hydrogens (tertiary/aromatic N) is 1. The fraction of sp³-hybridized carbons (Fsp3) is 0.381. The molecule has 2 aliphatic rings. The standard InChI is InChI=1S/C21H24N2O2/c24-21(22-20-10-9-17-3-1-2-4-19(17)20)18-7-5-16(6-8-18)15-23-11-13-25-14-12-23/h1-8,20H,9-15H2,(H,22,24)/t20-/m0/s1. The Bertz CT molecular complexity index is 736. The molecular formula is C21H24N2O2. The number of amides is 1. The van der Waals surface area contributed by atoms with E-state index >= 15 is 0 Å². The summed E-state index contributed by atoms with van der Waals surface area (Å²) in [6.07, 6.45) is 2.03. The molecule has 2 aromatic rings. The zero-order valence-corrected chi connectivity index (χ0v) is 14.4. The van der Waals surface area contributed by atoms with Crippen LogP contribution in [0.1, 0.15) is 39.5 Å². The van der Waals surface area contributed by atoms with Gasteiger partial charge in [0.05, 0.1) is 19.3 Å². The predicted molar refractivity (Wildman–Crippen MR) is 97.5 cm³/mol. The number of benzene rings is 2. The third-order valence-corrected chi connectivity index (χ3v) is 5.16. The zero-order chi connectivity index (χ0) is 17.1. The van der Waals surface area contributed by atoms with Gasteiger partial charge in [0.2, 0.25) is 0 Å². The number of ether oxygens (including phenoxy) is 1. The van der Waals surface area contributed by atoms with Crippen molar-refractivity contribution in [2.24, 2.45) is 0 Å². The van der Waals surface area contributed by atoms with Crippen LogP contribution < -0.4 is 5.32 Å². The van der Waals surface area contributed by atoms with E-state index < -0.39 is 0 Å². The van der Waals surface area contributed by atoms with Gasteiger partial charge in [0.1, 0.15) is 0 Å². The van der Waals surface area contributed by atoms with Crippen LogP contribution in [0.5, 0.6) is 0 Å². The summed E-state index contributed by atoms with van der Waals surface area (Å²) >= 11 is 0. The van der Waals surface area contributed by atoms with Crippen molar-refractivity contribution in [3.63, 3.8) is 0 Å². The van der Waals surface area contributed by atoms with Gasteiger partial charge >= 0.3 is 0 Å². The molecule has 4 rings (SSSR count). The molecule has 0 spiro atoms. The molecule has 130 valence electrons. The summed E-state index contributed by atoms with van der Waals surface area (Å²) in [6.45, 7) is 4.49. The quantitative estimate of drug-likeness (QED) is 0.933. The summed E-state index contributed by atoms with van der Waals surface area (Å²) in [5.74, 6) is 0.0135. The van der Waals surface area contributed by atoms with Gasteiger partial charge in [-0.1, -0.05) is 36.4 Å². The molecule has 1 fully saturated rings. The second kappa shape index (κ2) is 7.38. The van der Waals surface area contributed by atoms with E-state index in [4.69, 9.17) is 4.74 Å². The van der Waals surface area contributed by atoms with E-state index in [0.29, 0.717) is 0 Å². The van der Waals surface area contributed by atoms with Gasteiger partial charge in [0.25, 0.3) is 5.91 Å². The minimum atomic E-state index is 0.0135. The molecule has 0 aromatic heterocycles. The first-order valence-electron chi connectivity index (χ1n) is 9.07. The van der Waals surface area contributed by atoms with Crippen LogP contribution in [0.3, 0.4) is 0 Å². The highest BCUT2D eigenvalue weighted by Gasteiger charge is 2.23. The normalized spacial score (nSPS) is 20.2. The van der Waals surface area contributed by atoms with E-state index in [1.54, 1.807) is 0 Å². The molecule has 0 radical (unpaired) electrons. The number of nitrogens with one attached hydrogen (secondary N) is 1. The Labute approximate surface area is 148 Å². The lowest BCUT2D eigenvalue weighted by Gasteiger charge is -2.26. The Kier molecular flexibility index (Phi) is 4.81. The Hall–Kier alpha value is -2.17. The monoisotopic (exact) mass is 336 g/mol. The van der Waals surface area contributed by atoms with Crippen molar-refractivity contribution in [1.29, 1.82) is 0 Å². The van der Waals surface area contributed by atoms with E-state index in [9.17, 15) is 4.79 Å². The van der Waals surface area contributed by atoms with Gasteiger partial charge in [-0.3, -0.25) is 9.69 Å². The number of rotatable bonds is 4. The molecule has 1 heterocycles. The smallest absolute Gasteiger partial charge is 0.251 e. The molecule has 25 heavy (non-hydrogen) atoms. The van der Waals surface area contributed by atoms with Crippen molar-refractivity contribution in [3.8, 4) is 0 Å². The van der Waals surface area contributed by atoms with Crippen LogP contribution in [0.25, 0.3) is 0 Å². The van der Waals surface area contributed by atoms with Crippen molar-refractivity contribution in [2.45, 2.75) is 25.4 Å². The van der Waals surface area contributed by atoms with Crippen LogP contribution in [-0.2, 0) is 17.7 Å². The van der Waals surface area contributed by atoms with Gasteiger partial charge in [0.15, 0.2) is 0 Å². The molecule has 1 aliphatic carbocycles. The fourth-order valence-electron chi connectivity index (χ4n) is 3.73. The SMILES string of the molecule is O=C(N[C@H]1CCc2ccccc21)c1ccc(CN2CCOCC2)cc1. The molecule has 1 N–H and O–H groups in total. The molecule has 1 amide bonds. The Morgan fingerprint density at radius 1 is 1.08 bits per heavy atom. The van der Waals surface area contributed by atoms with Gasteiger partial charge in [-0.05, 0) is 41.7 Å². The Morgan fingerprint density at radius 3 is 2.64 bits per heavy atom. The maximum atomic E-state index is 12.6. The summed E-state index contributed by atoms with van der Waals surface area (Å²) in [6, 6.07) is 16.5. The number of hydrogen-bond donors (Lipinski definition) is 1. The molecular weight excluding hydrogens is 312 g/mol. The minimum Gasteiger partial charge on any atom is -0.379 e. The first kappa shape index (κ1) is 16.3. The second-order valence-electron chi connectivity index (χ2n) is 6.85. The van der Waals surface area contributed by atoms with Crippen molar-refractivity contribution in [3.05, 3.63) is 70.8 Å². The third-order valence-electron chi connectivity index (χ3n) is 5.16. The maximum absolute atomic E-state index is 12.6. The minimum absolute atomic E-state index is 0.0135. The molecule has 4 heteroatoms. The lowest BCUT2D eigenvalue weighted by atomic mass is 10.1. The summed E-state index contributed by atoms with van der Waals surface area (Å²) in [4.78, 5) is 15.0. The first-order chi connectivity index (χ1) is 12.3. The molecule has 2 aromatic carbocycles. The number of fused-ring (bicyclic) bond motifs is 1. The largest absolute Gasteiger partial charge is 0.379 e. The Balaban J connectivity index is 1.38. The molecule has 4 nitrogen and oxygen atoms in total. The van der Waals surface area contributed by atoms with Crippen molar-refractivity contribution < 1.29 is 9.53 Å². The molecule has 0 saturated carbocycles. The number of aryl methyl sites for hydroxylation is 1. The van der Waals surface area contributed by atoms with Crippen LogP contribution in [-0.4, -0.2) is 37.1 Å². The lowest BCUT2D eigenvalue weighted by Crippen LogP contribution is -2.35. The lowest BCUT2D eigenvalue weighted by molar-refractivity contribution is 0.0342. The summed E-state index contributed by atoms with van der Waals surface area (Å²) in [5, 5.41) is 3.19. The van der Waals surface area contributed by atoms with Crippen molar-refractivity contribution in [1.82, 2.24) is 10.2 Å².